The zero-order chi connectivity index (χ0) is 21.8. The molecule has 3 aromatic rings. The number of benzene rings is 2. The van der Waals surface area contributed by atoms with E-state index in [0.29, 0.717) is 16.0 Å². The van der Waals surface area contributed by atoms with E-state index in [1.165, 1.54) is 25.3 Å². The lowest BCUT2D eigenvalue weighted by atomic mass is 10.2. The van der Waals surface area contributed by atoms with Gasteiger partial charge in [-0.25, -0.2) is 4.68 Å². The van der Waals surface area contributed by atoms with Crippen LogP contribution in [0.3, 0.4) is 0 Å². The molecule has 0 fully saturated rings. The van der Waals surface area contributed by atoms with Crippen molar-refractivity contribution in [2.45, 2.75) is 6.54 Å². The Labute approximate surface area is 168 Å². The average Bonchev–Trinajstić information content (AvgIpc) is 2.75. The molecule has 1 heterocycles. The maximum atomic E-state index is 12.5. The number of aromatic nitrogens is 2. The van der Waals surface area contributed by atoms with E-state index in [1.807, 2.05) is 0 Å². The number of carbonyl (C=O) groups is 1. The molecule has 0 bridgehead atoms. The first-order valence-electron chi connectivity index (χ1n) is 8.56. The molecule has 0 unspecified atom stereocenters. The van der Waals surface area contributed by atoms with Gasteiger partial charge in [0.25, 0.3) is 17.2 Å². The number of nitro benzene ring substituents is 1. The lowest BCUT2D eigenvalue weighted by Crippen LogP contribution is -2.36. The maximum Gasteiger partial charge on any atom is 0.313 e. The number of methoxy groups -OCH3 is 1. The highest BCUT2D eigenvalue weighted by atomic mass is 16.6. The molecule has 1 aromatic heterocycles. The summed E-state index contributed by atoms with van der Waals surface area (Å²) in [4.78, 5) is 47.7. The number of ether oxygens (including phenoxy) is 1. The number of aromatic amines is 1. The van der Waals surface area contributed by atoms with E-state index in [1.54, 1.807) is 24.3 Å². The smallest absolute Gasteiger partial charge is 0.313 e. The van der Waals surface area contributed by atoms with Gasteiger partial charge in [-0.2, -0.15) is 0 Å². The number of para-hydroxylation sites is 2. The summed E-state index contributed by atoms with van der Waals surface area (Å²) in [5, 5.41) is 25.9. The predicted molar refractivity (Wildman–Crippen MR) is 105 cm³/mol. The Morgan fingerprint density at radius 3 is 2.50 bits per heavy atom. The van der Waals surface area contributed by atoms with E-state index in [0.717, 1.165) is 6.07 Å². The highest BCUT2D eigenvalue weighted by Gasteiger charge is 2.24. The maximum absolute atomic E-state index is 12.5. The summed E-state index contributed by atoms with van der Waals surface area (Å²) in [6.07, 6.45) is 0. The van der Waals surface area contributed by atoms with E-state index in [-0.39, 0.29) is 12.2 Å². The number of nitrogens with one attached hydrogen (secondary N) is 2. The number of carbonyl (C=O) groups excluding carboxylic acids is 1. The second-order valence-electron chi connectivity index (χ2n) is 6.08. The number of amides is 1. The molecule has 11 nitrogen and oxygen atoms in total. The normalized spacial score (nSPS) is 10.4. The van der Waals surface area contributed by atoms with Crippen LogP contribution in [-0.2, 0) is 6.54 Å². The van der Waals surface area contributed by atoms with Crippen molar-refractivity contribution in [3.63, 3.8) is 0 Å². The average molecular weight is 412 g/mol. The molecule has 0 radical (unpaired) electrons. The molecule has 0 atom stereocenters. The Morgan fingerprint density at radius 2 is 1.87 bits per heavy atom. The van der Waals surface area contributed by atoms with E-state index >= 15 is 0 Å². The first kappa shape index (κ1) is 20.3. The predicted octanol–water partition coefficient (Wildman–Crippen LogP) is 1.08. The van der Waals surface area contributed by atoms with Crippen molar-refractivity contribution in [3.8, 4) is 17.2 Å². The molecule has 0 spiro atoms. The third kappa shape index (κ3) is 3.90. The van der Waals surface area contributed by atoms with Gasteiger partial charge in [-0.1, -0.05) is 24.3 Å². The van der Waals surface area contributed by atoms with Gasteiger partial charge in [-0.15, -0.1) is 0 Å². The molecule has 3 rings (SSSR count). The Hall–Kier alpha value is -4.41. The molecule has 30 heavy (non-hydrogen) atoms. The molecule has 0 saturated heterocycles. The molecule has 11 heteroatoms. The third-order valence-electron chi connectivity index (χ3n) is 4.24. The SMILES string of the molecule is COc1ccc(CNC(=O)c2c(O)c(=O)n(-c3ccccc3[N+](=O)[O-])[nH]c2=O)cc1. The highest BCUT2D eigenvalue weighted by molar-refractivity contribution is 5.96. The number of hydrogen-bond acceptors (Lipinski definition) is 7. The van der Waals surface area contributed by atoms with Crippen molar-refractivity contribution in [1.82, 2.24) is 15.1 Å². The van der Waals surface area contributed by atoms with Crippen LogP contribution in [0.4, 0.5) is 5.69 Å². The van der Waals surface area contributed by atoms with Crippen molar-refractivity contribution in [1.29, 1.82) is 0 Å². The number of hydrogen-bond donors (Lipinski definition) is 3. The van der Waals surface area contributed by atoms with Crippen LogP contribution in [0.2, 0.25) is 0 Å². The van der Waals surface area contributed by atoms with Gasteiger partial charge >= 0.3 is 5.56 Å². The first-order valence-corrected chi connectivity index (χ1v) is 8.56. The number of aromatic hydroxyl groups is 1. The number of H-pyrrole nitrogens is 1. The molecular weight excluding hydrogens is 396 g/mol. The lowest BCUT2D eigenvalue weighted by Gasteiger charge is -2.10. The second kappa shape index (κ2) is 8.31. The zero-order valence-electron chi connectivity index (χ0n) is 15.6. The summed E-state index contributed by atoms with van der Waals surface area (Å²) in [6, 6.07) is 11.9. The summed E-state index contributed by atoms with van der Waals surface area (Å²) in [7, 11) is 1.51. The van der Waals surface area contributed by atoms with Crippen molar-refractivity contribution >= 4 is 11.6 Å². The minimum Gasteiger partial charge on any atom is -0.502 e. The summed E-state index contributed by atoms with van der Waals surface area (Å²) < 4.78 is 5.56. The Bertz CT molecular complexity index is 1230. The molecule has 0 aliphatic rings. The quantitative estimate of drug-likeness (QED) is 0.404. The van der Waals surface area contributed by atoms with Gasteiger partial charge in [0, 0.05) is 12.6 Å². The molecule has 3 N–H and O–H groups in total. The van der Waals surface area contributed by atoms with Crippen molar-refractivity contribution in [3.05, 3.63) is 90.5 Å². The third-order valence-corrected chi connectivity index (χ3v) is 4.24. The van der Waals surface area contributed by atoms with Crippen LogP contribution in [-0.4, -0.2) is 32.8 Å². The van der Waals surface area contributed by atoms with E-state index in [4.69, 9.17) is 4.74 Å². The van der Waals surface area contributed by atoms with Gasteiger partial charge in [-0.3, -0.25) is 29.6 Å². The summed E-state index contributed by atoms with van der Waals surface area (Å²) in [6.45, 7) is 0.0228. The standard InChI is InChI=1S/C19H16N4O7/c1-30-12-8-6-11(7-9-12)10-20-17(25)15-16(24)19(27)22(21-18(15)26)13-4-2-3-5-14(13)23(28)29/h2-9,24H,10H2,1H3,(H,20,25)(H,21,26). The number of nitrogens with zero attached hydrogens (tertiary/aromatic N) is 2. The molecule has 1 amide bonds. The second-order valence-corrected chi connectivity index (χ2v) is 6.08. The van der Waals surface area contributed by atoms with Crippen LogP contribution in [0.25, 0.3) is 5.69 Å². The Kier molecular flexibility index (Phi) is 5.63. The minimum atomic E-state index is -1.18. The molecular formula is C19H16N4O7. The van der Waals surface area contributed by atoms with Gasteiger partial charge in [0.2, 0.25) is 5.75 Å². The molecule has 0 saturated carbocycles. The van der Waals surface area contributed by atoms with Crippen LogP contribution in [0.1, 0.15) is 15.9 Å². The molecule has 2 aromatic carbocycles. The largest absolute Gasteiger partial charge is 0.502 e. The van der Waals surface area contributed by atoms with Gasteiger partial charge < -0.3 is 15.2 Å². The van der Waals surface area contributed by atoms with Crippen LogP contribution in [0.15, 0.2) is 58.1 Å². The van der Waals surface area contributed by atoms with Crippen molar-refractivity contribution in [2.24, 2.45) is 0 Å². The van der Waals surface area contributed by atoms with Gasteiger partial charge in [-0.05, 0) is 23.8 Å². The van der Waals surface area contributed by atoms with Crippen molar-refractivity contribution < 1.29 is 19.6 Å². The van der Waals surface area contributed by atoms with Crippen molar-refractivity contribution in [2.75, 3.05) is 7.11 Å². The first-order chi connectivity index (χ1) is 14.3. The van der Waals surface area contributed by atoms with E-state index < -0.39 is 38.9 Å². The van der Waals surface area contributed by atoms with Gasteiger partial charge in [0.1, 0.15) is 11.4 Å². The summed E-state index contributed by atoms with van der Waals surface area (Å²) in [5.41, 5.74) is -3.09. The number of rotatable bonds is 6. The highest BCUT2D eigenvalue weighted by Crippen LogP contribution is 2.20. The van der Waals surface area contributed by atoms with Crippen LogP contribution >= 0.6 is 0 Å². The van der Waals surface area contributed by atoms with Crippen LogP contribution in [0, 0.1) is 10.1 Å². The molecule has 0 aliphatic carbocycles. The Balaban J connectivity index is 1.93. The molecule has 154 valence electrons. The van der Waals surface area contributed by atoms with Crippen LogP contribution < -0.4 is 21.2 Å². The monoisotopic (exact) mass is 412 g/mol. The fraction of sp³-hybridized carbons (Fsp3) is 0.105. The van der Waals surface area contributed by atoms with E-state index in [2.05, 4.69) is 10.4 Å². The minimum absolute atomic E-state index is 0.0228. The fourth-order valence-corrected chi connectivity index (χ4v) is 2.73. The lowest BCUT2D eigenvalue weighted by molar-refractivity contribution is -0.384. The summed E-state index contributed by atoms with van der Waals surface area (Å²) in [5.74, 6) is -1.47. The van der Waals surface area contributed by atoms with Crippen LogP contribution in [0.5, 0.6) is 11.5 Å². The fourth-order valence-electron chi connectivity index (χ4n) is 2.73. The molecule has 0 aliphatic heterocycles. The Morgan fingerprint density at radius 1 is 1.20 bits per heavy atom. The summed E-state index contributed by atoms with van der Waals surface area (Å²) >= 11 is 0. The topological polar surface area (TPSA) is 157 Å². The zero-order valence-corrected chi connectivity index (χ0v) is 15.6. The van der Waals surface area contributed by atoms with E-state index in [9.17, 15) is 29.6 Å². The number of nitro groups is 1. The van der Waals surface area contributed by atoms with Gasteiger partial charge in [0.05, 0.1) is 12.0 Å². The van der Waals surface area contributed by atoms with Gasteiger partial charge in [0.15, 0.2) is 5.56 Å².